The van der Waals surface area contributed by atoms with Gasteiger partial charge in [0.05, 0.1) is 6.10 Å². The zero-order valence-corrected chi connectivity index (χ0v) is 9.21. The summed E-state index contributed by atoms with van der Waals surface area (Å²) in [6, 6.07) is 0. The van der Waals surface area contributed by atoms with Crippen molar-refractivity contribution in [3.63, 3.8) is 0 Å². The second-order valence-corrected chi connectivity index (χ2v) is 4.40. The van der Waals surface area contributed by atoms with Gasteiger partial charge < -0.3 is 10.1 Å². The van der Waals surface area contributed by atoms with Crippen molar-refractivity contribution < 1.29 is 9.53 Å². The number of carbonyl (C=O) groups excluding carboxylic acids is 1. The van der Waals surface area contributed by atoms with Gasteiger partial charge in [0.15, 0.2) is 5.78 Å². The zero-order valence-electron chi connectivity index (χ0n) is 9.21. The fraction of sp³-hybridized carbons (Fsp3) is 0.909. The Balaban J connectivity index is 2.09. The molecule has 3 nitrogen and oxygen atoms in total. The van der Waals surface area contributed by atoms with Crippen LogP contribution in [0.5, 0.6) is 0 Å². The van der Waals surface area contributed by atoms with E-state index in [0.29, 0.717) is 25.0 Å². The quantitative estimate of drug-likeness (QED) is 0.726. The number of Topliss-reactive ketones (excluding diaryl/α,β-unsaturated/α-hetero) is 1. The van der Waals surface area contributed by atoms with Gasteiger partial charge in [-0.1, -0.05) is 13.8 Å². The summed E-state index contributed by atoms with van der Waals surface area (Å²) >= 11 is 0. The number of piperidine rings is 1. The van der Waals surface area contributed by atoms with Crippen molar-refractivity contribution in [1.82, 2.24) is 5.32 Å². The van der Waals surface area contributed by atoms with Crippen LogP contribution in [-0.2, 0) is 9.53 Å². The lowest BCUT2D eigenvalue weighted by molar-refractivity contribution is -0.126. The van der Waals surface area contributed by atoms with Crippen molar-refractivity contribution in [1.29, 1.82) is 0 Å². The minimum atomic E-state index is 0.235. The SMILES string of the molecule is CC(C)CC(=O)COC1CCNCC1. The van der Waals surface area contributed by atoms with E-state index in [4.69, 9.17) is 4.74 Å². The Bertz CT molecular complexity index is 174. The second-order valence-electron chi connectivity index (χ2n) is 4.40. The lowest BCUT2D eigenvalue weighted by Gasteiger charge is -2.22. The van der Waals surface area contributed by atoms with Crippen molar-refractivity contribution >= 4 is 5.78 Å². The fourth-order valence-corrected chi connectivity index (χ4v) is 1.69. The average molecular weight is 199 g/mol. The third kappa shape index (κ3) is 4.72. The first-order valence-electron chi connectivity index (χ1n) is 5.52. The molecular formula is C11H21NO2. The van der Waals surface area contributed by atoms with Crippen LogP contribution in [0.1, 0.15) is 33.1 Å². The minimum absolute atomic E-state index is 0.235. The number of hydrogen-bond acceptors (Lipinski definition) is 3. The smallest absolute Gasteiger partial charge is 0.158 e. The summed E-state index contributed by atoms with van der Waals surface area (Å²) in [4.78, 5) is 11.4. The molecule has 1 heterocycles. The summed E-state index contributed by atoms with van der Waals surface area (Å²) < 4.78 is 5.56. The van der Waals surface area contributed by atoms with E-state index in [1.807, 2.05) is 0 Å². The molecule has 0 saturated carbocycles. The van der Waals surface area contributed by atoms with Gasteiger partial charge in [-0.25, -0.2) is 0 Å². The van der Waals surface area contributed by atoms with E-state index in [1.165, 1.54) is 0 Å². The number of carbonyl (C=O) groups is 1. The zero-order chi connectivity index (χ0) is 10.4. The second kappa shape index (κ2) is 6.14. The van der Waals surface area contributed by atoms with E-state index in [2.05, 4.69) is 19.2 Å². The van der Waals surface area contributed by atoms with Crippen LogP contribution in [0.3, 0.4) is 0 Å². The largest absolute Gasteiger partial charge is 0.370 e. The summed E-state index contributed by atoms with van der Waals surface area (Å²) in [6.07, 6.45) is 3.02. The molecule has 1 fully saturated rings. The summed E-state index contributed by atoms with van der Waals surface area (Å²) in [5.41, 5.74) is 0. The van der Waals surface area contributed by atoms with Gasteiger partial charge in [0, 0.05) is 6.42 Å². The van der Waals surface area contributed by atoms with Crippen LogP contribution in [0, 0.1) is 5.92 Å². The third-order valence-electron chi connectivity index (χ3n) is 2.40. The van der Waals surface area contributed by atoms with Crippen molar-refractivity contribution in [3.8, 4) is 0 Å². The van der Waals surface area contributed by atoms with E-state index < -0.39 is 0 Å². The summed E-state index contributed by atoms with van der Waals surface area (Å²) in [5, 5.41) is 3.27. The van der Waals surface area contributed by atoms with Crippen LogP contribution in [0.4, 0.5) is 0 Å². The predicted molar refractivity (Wildman–Crippen MR) is 56.3 cm³/mol. The standard InChI is InChI=1S/C11H21NO2/c1-9(2)7-10(13)8-14-11-3-5-12-6-4-11/h9,11-12H,3-8H2,1-2H3. The van der Waals surface area contributed by atoms with Crippen LogP contribution in [0.25, 0.3) is 0 Å². The van der Waals surface area contributed by atoms with E-state index >= 15 is 0 Å². The summed E-state index contributed by atoms with van der Waals surface area (Å²) in [5.74, 6) is 0.678. The Labute approximate surface area is 86.2 Å². The number of rotatable bonds is 5. The van der Waals surface area contributed by atoms with E-state index in [1.54, 1.807) is 0 Å². The molecule has 0 aromatic carbocycles. The first-order chi connectivity index (χ1) is 6.68. The molecule has 0 aromatic heterocycles. The van der Waals surface area contributed by atoms with Crippen LogP contribution in [0.15, 0.2) is 0 Å². The van der Waals surface area contributed by atoms with Crippen molar-refractivity contribution in [2.45, 2.75) is 39.2 Å². The Hall–Kier alpha value is -0.410. The van der Waals surface area contributed by atoms with Gasteiger partial charge in [0.2, 0.25) is 0 Å². The first-order valence-corrected chi connectivity index (χ1v) is 5.52. The molecule has 82 valence electrons. The minimum Gasteiger partial charge on any atom is -0.370 e. The molecule has 0 bridgehead atoms. The summed E-state index contributed by atoms with van der Waals surface area (Å²) in [7, 11) is 0. The van der Waals surface area contributed by atoms with E-state index in [9.17, 15) is 4.79 Å². The molecule has 14 heavy (non-hydrogen) atoms. The molecular weight excluding hydrogens is 178 g/mol. The monoisotopic (exact) mass is 199 g/mol. The van der Waals surface area contributed by atoms with Crippen molar-refractivity contribution in [2.24, 2.45) is 5.92 Å². The van der Waals surface area contributed by atoms with Crippen molar-refractivity contribution in [2.75, 3.05) is 19.7 Å². The van der Waals surface area contributed by atoms with E-state index in [0.717, 1.165) is 25.9 Å². The van der Waals surface area contributed by atoms with Crippen LogP contribution < -0.4 is 5.32 Å². The van der Waals surface area contributed by atoms with Gasteiger partial charge in [0.25, 0.3) is 0 Å². The summed E-state index contributed by atoms with van der Waals surface area (Å²) in [6.45, 7) is 6.46. The number of ether oxygens (including phenoxy) is 1. The van der Waals surface area contributed by atoms with E-state index in [-0.39, 0.29) is 5.78 Å². The molecule has 1 aliphatic heterocycles. The molecule has 0 aliphatic carbocycles. The van der Waals surface area contributed by atoms with Gasteiger partial charge in [0.1, 0.15) is 6.61 Å². The van der Waals surface area contributed by atoms with Gasteiger partial charge in [-0.05, 0) is 31.8 Å². The maximum atomic E-state index is 11.4. The average Bonchev–Trinajstić information content (AvgIpc) is 2.15. The highest BCUT2D eigenvalue weighted by atomic mass is 16.5. The molecule has 1 rings (SSSR count). The van der Waals surface area contributed by atoms with Gasteiger partial charge in [-0.2, -0.15) is 0 Å². The molecule has 0 radical (unpaired) electrons. The van der Waals surface area contributed by atoms with Gasteiger partial charge in [-0.3, -0.25) is 4.79 Å². The van der Waals surface area contributed by atoms with Crippen LogP contribution in [0.2, 0.25) is 0 Å². The maximum absolute atomic E-state index is 11.4. The lowest BCUT2D eigenvalue weighted by atomic mass is 10.1. The molecule has 1 N–H and O–H groups in total. The Kier molecular flexibility index (Phi) is 5.12. The predicted octanol–water partition coefficient (Wildman–Crippen LogP) is 1.37. The van der Waals surface area contributed by atoms with Crippen molar-refractivity contribution in [3.05, 3.63) is 0 Å². The highest BCUT2D eigenvalue weighted by Gasteiger charge is 2.14. The molecule has 0 atom stereocenters. The first kappa shape index (κ1) is 11.7. The van der Waals surface area contributed by atoms with Crippen LogP contribution >= 0.6 is 0 Å². The molecule has 1 saturated heterocycles. The topological polar surface area (TPSA) is 38.3 Å². The molecule has 0 unspecified atom stereocenters. The molecule has 0 aromatic rings. The maximum Gasteiger partial charge on any atom is 0.158 e. The number of ketones is 1. The number of nitrogens with one attached hydrogen (secondary N) is 1. The highest BCUT2D eigenvalue weighted by molar-refractivity contribution is 5.79. The van der Waals surface area contributed by atoms with Gasteiger partial charge in [-0.15, -0.1) is 0 Å². The van der Waals surface area contributed by atoms with Crippen LogP contribution in [-0.4, -0.2) is 31.6 Å². The molecule has 3 heteroatoms. The van der Waals surface area contributed by atoms with Gasteiger partial charge >= 0.3 is 0 Å². The molecule has 0 amide bonds. The Morgan fingerprint density at radius 2 is 2.07 bits per heavy atom. The Morgan fingerprint density at radius 1 is 1.43 bits per heavy atom. The Morgan fingerprint density at radius 3 is 2.64 bits per heavy atom. The molecule has 0 spiro atoms. The normalized spacial score (nSPS) is 18.8. The number of hydrogen-bond donors (Lipinski definition) is 1. The lowest BCUT2D eigenvalue weighted by Crippen LogP contribution is -2.33. The highest BCUT2D eigenvalue weighted by Crippen LogP contribution is 2.08. The fourth-order valence-electron chi connectivity index (χ4n) is 1.69. The third-order valence-corrected chi connectivity index (χ3v) is 2.40. The molecule has 1 aliphatic rings.